The number of pyridine rings is 1. The molecule has 3 heterocycles. The number of benzene rings is 4. The van der Waals surface area contributed by atoms with Gasteiger partial charge in [0.05, 0.1) is 20.8 Å². The van der Waals surface area contributed by atoms with Crippen molar-refractivity contribution in [3.63, 3.8) is 0 Å². The molecule has 7 nitrogen and oxygen atoms in total. The molecule has 2 N–H and O–H groups in total. The SMILES string of the molecule is O=C1c2ccccc2-c2nsc3c(CNc4cccc(NCc5ccc6c7c(nsc57)-c5ccccc5C6=O)n4)ccc1c23. The van der Waals surface area contributed by atoms with Crippen molar-refractivity contribution in [2.45, 2.75) is 13.1 Å². The molecule has 210 valence electrons. The monoisotopic (exact) mass is 607 g/mol. The Labute approximate surface area is 259 Å². The van der Waals surface area contributed by atoms with Crippen LogP contribution in [0.1, 0.15) is 43.0 Å². The molecular formula is C35H21N5O2S2. The molecule has 0 saturated carbocycles. The first kappa shape index (κ1) is 25.3. The predicted molar refractivity (Wildman–Crippen MR) is 176 cm³/mol. The lowest BCUT2D eigenvalue weighted by Crippen LogP contribution is -2.10. The van der Waals surface area contributed by atoms with Crippen LogP contribution in [0.4, 0.5) is 11.6 Å². The molecular weight excluding hydrogens is 587 g/mol. The van der Waals surface area contributed by atoms with Gasteiger partial charge in [-0.15, -0.1) is 0 Å². The minimum atomic E-state index is 0.0494. The maximum Gasteiger partial charge on any atom is 0.194 e. The molecule has 0 atom stereocenters. The molecule has 0 aliphatic heterocycles. The fraction of sp³-hybridized carbons (Fsp3) is 0.0571. The third-order valence-corrected chi connectivity index (χ3v) is 10.3. The number of ketones is 2. The number of rotatable bonds is 6. The molecule has 2 aliphatic carbocycles. The van der Waals surface area contributed by atoms with Gasteiger partial charge in [-0.2, -0.15) is 8.75 Å². The summed E-state index contributed by atoms with van der Waals surface area (Å²) in [6.07, 6.45) is 0. The highest BCUT2D eigenvalue weighted by atomic mass is 32.1. The molecule has 44 heavy (non-hydrogen) atoms. The molecule has 0 radical (unpaired) electrons. The Morgan fingerprint density at radius 3 is 1.43 bits per heavy atom. The Hall–Kier alpha value is -5.25. The smallest absolute Gasteiger partial charge is 0.194 e. The van der Waals surface area contributed by atoms with Crippen LogP contribution in [0.5, 0.6) is 0 Å². The van der Waals surface area contributed by atoms with Gasteiger partial charge >= 0.3 is 0 Å². The van der Waals surface area contributed by atoms with E-state index in [9.17, 15) is 9.59 Å². The lowest BCUT2D eigenvalue weighted by atomic mass is 9.87. The van der Waals surface area contributed by atoms with E-state index in [1.165, 1.54) is 23.1 Å². The first-order valence-corrected chi connectivity index (χ1v) is 15.8. The molecule has 0 saturated heterocycles. The molecule has 3 aromatic heterocycles. The van der Waals surface area contributed by atoms with E-state index in [1.807, 2.05) is 91.0 Å². The average Bonchev–Trinajstić information content (AvgIpc) is 3.72. The Kier molecular flexibility index (Phi) is 5.53. The molecule has 0 fully saturated rings. The van der Waals surface area contributed by atoms with Crippen molar-refractivity contribution in [2.75, 3.05) is 10.6 Å². The van der Waals surface area contributed by atoms with E-state index in [4.69, 9.17) is 13.7 Å². The van der Waals surface area contributed by atoms with Crippen molar-refractivity contribution in [2.24, 2.45) is 0 Å². The van der Waals surface area contributed by atoms with Gasteiger partial charge in [-0.3, -0.25) is 9.59 Å². The largest absolute Gasteiger partial charge is 0.366 e. The fourth-order valence-corrected chi connectivity index (χ4v) is 8.15. The maximum atomic E-state index is 13.2. The minimum Gasteiger partial charge on any atom is -0.366 e. The zero-order chi connectivity index (χ0) is 29.4. The lowest BCUT2D eigenvalue weighted by molar-refractivity contribution is 0.103. The molecule has 9 rings (SSSR count). The van der Waals surface area contributed by atoms with Gasteiger partial charge in [0.15, 0.2) is 11.6 Å². The lowest BCUT2D eigenvalue weighted by Gasteiger charge is -2.16. The molecule has 0 spiro atoms. The van der Waals surface area contributed by atoms with Crippen LogP contribution >= 0.6 is 23.1 Å². The summed E-state index contributed by atoms with van der Waals surface area (Å²) in [5.41, 5.74) is 8.56. The van der Waals surface area contributed by atoms with Crippen molar-refractivity contribution >= 4 is 66.4 Å². The van der Waals surface area contributed by atoms with Crippen LogP contribution in [0.15, 0.2) is 91.0 Å². The predicted octanol–water partition coefficient (Wildman–Crippen LogP) is 7.95. The van der Waals surface area contributed by atoms with Crippen LogP contribution in [0, 0.1) is 0 Å². The average molecular weight is 608 g/mol. The summed E-state index contributed by atoms with van der Waals surface area (Å²) in [4.78, 5) is 31.2. The standard InChI is InChI=1S/C35H21N5O2S2/c41-32-22-8-3-1-6-20(22)30-28-24(32)14-12-18(34(28)43-39-30)16-36-26-10-5-11-27(38-26)37-17-19-13-15-25-29-31(40-44-35(19)29)21-7-2-4-9-23(21)33(25)42/h1-15H,16-17H2,(H2,36,37,38). The summed E-state index contributed by atoms with van der Waals surface area (Å²) in [7, 11) is 0. The summed E-state index contributed by atoms with van der Waals surface area (Å²) in [5.74, 6) is 1.58. The van der Waals surface area contributed by atoms with Crippen molar-refractivity contribution in [1.29, 1.82) is 0 Å². The Bertz CT molecular complexity index is 2190. The Morgan fingerprint density at radius 2 is 0.955 bits per heavy atom. The van der Waals surface area contributed by atoms with Crippen LogP contribution in [0.3, 0.4) is 0 Å². The van der Waals surface area contributed by atoms with Gasteiger partial charge < -0.3 is 10.6 Å². The first-order chi connectivity index (χ1) is 21.7. The van der Waals surface area contributed by atoms with Crippen LogP contribution in [0.25, 0.3) is 42.7 Å². The van der Waals surface area contributed by atoms with Gasteiger partial charge in [0, 0.05) is 57.2 Å². The van der Waals surface area contributed by atoms with Crippen molar-refractivity contribution < 1.29 is 9.59 Å². The summed E-state index contributed by atoms with van der Waals surface area (Å²) >= 11 is 2.87. The quantitative estimate of drug-likeness (QED) is 0.198. The first-order valence-electron chi connectivity index (χ1n) is 14.2. The maximum absolute atomic E-state index is 13.2. The Balaban J connectivity index is 0.957. The summed E-state index contributed by atoms with van der Waals surface area (Å²) in [6.45, 7) is 1.10. The molecule has 2 aliphatic rings. The number of hydrogen-bond donors (Lipinski definition) is 2. The third kappa shape index (κ3) is 3.69. The van der Waals surface area contributed by atoms with Crippen LogP contribution in [-0.2, 0) is 13.1 Å². The molecule has 9 heteroatoms. The van der Waals surface area contributed by atoms with Gasteiger partial charge in [0.1, 0.15) is 11.6 Å². The van der Waals surface area contributed by atoms with Gasteiger partial charge in [-0.25, -0.2) is 4.98 Å². The molecule has 0 amide bonds. The number of anilines is 2. The normalized spacial score (nSPS) is 12.8. The Morgan fingerprint density at radius 1 is 0.500 bits per heavy atom. The number of carbonyl (C=O) groups is 2. The van der Waals surface area contributed by atoms with Crippen LogP contribution < -0.4 is 10.6 Å². The highest BCUT2D eigenvalue weighted by molar-refractivity contribution is 7.14. The molecule has 4 aromatic carbocycles. The molecule has 0 unspecified atom stereocenters. The summed E-state index contributed by atoms with van der Waals surface area (Å²) in [6, 6.07) is 29.1. The van der Waals surface area contributed by atoms with E-state index in [-0.39, 0.29) is 11.6 Å². The second-order valence-electron chi connectivity index (χ2n) is 10.9. The number of aromatic nitrogens is 3. The van der Waals surface area contributed by atoms with E-state index in [2.05, 4.69) is 10.6 Å². The minimum absolute atomic E-state index is 0.0494. The topological polar surface area (TPSA) is 96.9 Å². The number of carbonyl (C=O) groups excluding carboxylic acids is 2. The van der Waals surface area contributed by atoms with E-state index >= 15 is 0 Å². The van der Waals surface area contributed by atoms with Gasteiger partial charge in [0.25, 0.3) is 0 Å². The second kappa shape index (κ2) is 9.63. The number of hydrogen-bond acceptors (Lipinski definition) is 9. The van der Waals surface area contributed by atoms with Crippen molar-refractivity contribution in [3.05, 3.63) is 124 Å². The van der Waals surface area contributed by atoms with Crippen LogP contribution in [0.2, 0.25) is 0 Å². The van der Waals surface area contributed by atoms with Crippen molar-refractivity contribution in [1.82, 2.24) is 13.7 Å². The second-order valence-corrected chi connectivity index (χ2v) is 12.4. The van der Waals surface area contributed by atoms with E-state index in [0.29, 0.717) is 35.3 Å². The fourth-order valence-electron chi connectivity index (χ4n) is 6.30. The molecule has 0 bridgehead atoms. The van der Waals surface area contributed by atoms with Crippen LogP contribution in [-0.4, -0.2) is 25.3 Å². The van der Waals surface area contributed by atoms with Gasteiger partial charge in [-0.05, 0) is 58.5 Å². The van der Waals surface area contributed by atoms with E-state index in [0.717, 1.165) is 65.4 Å². The third-order valence-electron chi connectivity index (χ3n) is 8.42. The number of nitrogens with zero attached hydrogens (tertiary/aromatic N) is 3. The zero-order valence-corrected chi connectivity index (χ0v) is 24.7. The highest BCUT2D eigenvalue weighted by Crippen LogP contribution is 2.43. The molecule has 7 aromatic rings. The van der Waals surface area contributed by atoms with Gasteiger partial charge in [-0.1, -0.05) is 66.7 Å². The summed E-state index contributed by atoms with van der Waals surface area (Å²) in [5, 5.41) is 8.79. The summed E-state index contributed by atoms with van der Waals surface area (Å²) < 4.78 is 11.5. The van der Waals surface area contributed by atoms with Gasteiger partial charge in [0.2, 0.25) is 0 Å². The zero-order valence-electron chi connectivity index (χ0n) is 23.0. The van der Waals surface area contributed by atoms with E-state index in [1.54, 1.807) is 0 Å². The van der Waals surface area contributed by atoms with Crippen molar-refractivity contribution in [3.8, 4) is 22.5 Å². The highest BCUT2D eigenvalue weighted by Gasteiger charge is 2.29. The number of fused-ring (bicyclic) bond motifs is 4. The van der Waals surface area contributed by atoms with E-state index < -0.39 is 0 Å². The number of nitrogens with one attached hydrogen (secondary N) is 2.